The summed E-state index contributed by atoms with van der Waals surface area (Å²) in [4.78, 5) is 9.51. The molecule has 2 heterocycles. The normalized spacial score (nSPS) is 11.3. The first-order valence-electron chi connectivity index (χ1n) is 7.14. The Hall–Kier alpha value is -1.94. The molecule has 3 aromatic rings. The van der Waals surface area contributed by atoms with E-state index in [1.165, 1.54) is 16.5 Å². The van der Waals surface area contributed by atoms with Gasteiger partial charge >= 0.3 is 0 Å². The Labute approximate surface area is 129 Å². The van der Waals surface area contributed by atoms with E-state index >= 15 is 0 Å². The number of anilines is 1. The van der Waals surface area contributed by atoms with Gasteiger partial charge in [0.05, 0.1) is 11.2 Å². The number of pyridine rings is 1. The molecule has 0 atom stereocenters. The molecule has 3 nitrogen and oxygen atoms in total. The van der Waals surface area contributed by atoms with E-state index in [-0.39, 0.29) is 0 Å². The predicted octanol–water partition coefficient (Wildman–Crippen LogP) is 4.83. The van der Waals surface area contributed by atoms with Crippen LogP contribution in [-0.2, 0) is 0 Å². The summed E-state index contributed by atoms with van der Waals surface area (Å²) in [6.45, 7) is 6.47. The zero-order valence-corrected chi connectivity index (χ0v) is 13.6. The molecule has 0 unspecified atom stereocenters. The summed E-state index contributed by atoms with van der Waals surface area (Å²) in [5, 5.41) is 7.32. The van der Waals surface area contributed by atoms with Crippen molar-refractivity contribution in [3.05, 3.63) is 40.9 Å². The van der Waals surface area contributed by atoms with Crippen molar-refractivity contribution in [2.45, 2.75) is 26.7 Å². The molecule has 0 aliphatic carbocycles. The molecular formula is C17H19N3S. The Bertz CT molecular complexity index is 790. The van der Waals surface area contributed by atoms with Crippen molar-refractivity contribution < 1.29 is 0 Å². The number of benzene rings is 1. The summed E-state index contributed by atoms with van der Waals surface area (Å²) < 4.78 is 0. The summed E-state index contributed by atoms with van der Waals surface area (Å²) in [5.41, 5.74) is 5.60. The van der Waals surface area contributed by atoms with Crippen molar-refractivity contribution in [2.75, 3.05) is 12.4 Å². The van der Waals surface area contributed by atoms with Crippen LogP contribution in [0.15, 0.2) is 29.6 Å². The van der Waals surface area contributed by atoms with Crippen LogP contribution in [0.4, 0.5) is 5.13 Å². The Morgan fingerprint density at radius 3 is 2.67 bits per heavy atom. The van der Waals surface area contributed by atoms with E-state index in [4.69, 9.17) is 4.98 Å². The molecule has 4 heteroatoms. The summed E-state index contributed by atoms with van der Waals surface area (Å²) in [7, 11) is 1.90. The second-order valence-corrected chi connectivity index (χ2v) is 6.37. The van der Waals surface area contributed by atoms with Gasteiger partial charge in [0.1, 0.15) is 0 Å². The van der Waals surface area contributed by atoms with E-state index in [1.54, 1.807) is 11.3 Å². The number of nitrogens with zero attached hydrogens (tertiary/aromatic N) is 2. The first-order valence-corrected chi connectivity index (χ1v) is 8.02. The van der Waals surface area contributed by atoms with Crippen LogP contribution < -0.4 is 5.32 Å². The van der Waals surface area contributed by atoms with E-state index in [1.807, 2.05) is 7.05 Å². The van der Waals surface area contributed by atoms with Crippen LogP contribution in [0.1, 0.15) is 31.0 Å². The number of fused-ring (bicyclic) bond motifs is 1. The minimum absolute atomic E-state index is 0.398. The molecule has 21 heavy (non-hydrogen) atoms. The van der Waals surface area contributed by atoms with Crippen LogP contribution in [-0.4, -0.2) is 17.0 Å². The number of hydrogen-bond acceptors (Lipinski definition) is 4. The third kappa shape index (κ3) is 2.51. The maximum absolute atomic E-state index is 4.85. The van der Waals surface area contributed by atoms with Crippen LogP contribution in [0, 0.1) is 6.92 Å². The zero-order valence-electron chi connectivity index (χ0n) is 12.8. The Kier molecular flexibility index (Phi) is 3.64. The average Bonchev–Trinajstić information content (AvgIpc) is 2.95. The highest BCUT2D eigenvalue weighted by Crippen LogP contribution is 2.33. The molecule has 0 spiro atoms. The van der Waals surface area contributed by atoms with Gasteiger partial charge in [0, 0.05) is 29.1 Å². The van der Waals surface area contributed by atoms with Crippen molar-refractivity contribution in [3.8, 4) is 11.3 Å². The monoisotopic (exact) mass is 297 g/mol. The molecule has 0 saturated carbocycles. The molecular weight excluding hydrogens is 278 g/mol. The fourth-order valence-electron chi connectivity index (χ4n) is 2.43. The maximum Gasteiger partial charge on any atom is 0.182 e. The molecule has 1 N–H and O–H groups in total. The van der Waals surface area contributed by atoms with Crippen LogP contribution in [0.25, 0.3) is 22.2 Å². The number of para-hydroxylation sites is 1. The van der Waals surface area contributed by atoms with E-state index in [0.717, 1.165) is 22.0 Å². The molecule has 0 aliphatic rings. The lowest BCUT2D eigenvalue weighted by molar-refractivity contribution is 0.830. The van der Waals surface area contributed by atoms with Crippen molar-refractivity contribution in [2.24, 2.45) is 0 Å². The van der Waals surface area contributed by atoms with E-state index in [9.17, 15) is 0 Å². The molecule has 0 amide bonds. The summed E-state index contributed by atoms with van der Waals surface area (Å²) in [5.74, 6) is 0.398. The van der Waals surface area contributed by atoms with Crippen LogP contribution in [0.3, 0.4) is 0 Å². The van der Waals surface area contributed by atoms with Gasteiger partial charge < -0.3 is 5.32 Å². The zero-order chi connectivity index (χ0) is 15.0. The van der Waals surface area contributed by atoms with Gasteiger partial charge in [-0.1, -0.05) is 32.0 Å². The SMILES string of the molecule is CNc1nc(-c2cc(C(C)C)nc3c(C)cccc23)cs1. The second kappa shape index (κ2) is 5.45. The molecule has 108 valence electrons. The average molecular weight is 297 g/mol. The van der Waals surface area contributed by atoms with Gasteiger partial charge in [0.15, 0.2) is 5.13 Å². The standard InChI is InChI=1S/C17H19N3S/c1-10(2)14-8-13(15-9-21-17(18-4)20-15)12-7-5-6-11(3)16(12)19-14/h5-10H,1-4H3,(H,18,20). The molecule has 0 bridgehead atoms. The largest absolute Gasteiger partial charge is 0.365 e. The first-order chi connectivity index (χ1) is 10.1. The smallest absolute Gasteiger partial charge is 0.182 e. The van der Waals surface area contributed by atoms with Crippen molar-refractivity contribution in [1.82, 2.24) is 9.97 Å². The van der Waals surface area contributed by atoms with Gasteiger partial charge in [0.2, 0.25) is 0 Å². The summed E-state index contributed by atoms with van der Waals surface area (Å²) in [6, 6.07) is 8.51. The van der Waals surface area contributed by atoms with Gasteiger partial charge in [-0.25, -0.2) is 4.98 Å². The molecule has 0 radical (unpaired) electrons. The van der Waals surface area contributed by atoms with Crippen molar-refractivity contribution in [1.29, 1.82) is 0 Å². The van der Waals surface area contributed by atoms with Crippen molar-refractivity contribution in [3.63, 3.8) is 0 Å². The van der Waals surface area contributed by atoms with Gasteiger partial charge in [-0.15, -0.1) is 11.3 Å². The fraction of sp³-hybridized carbons (Fsp3) is 0.294. The number of nitrogens with one attached hydrogen (secondary N) is 1. The van der Waals surface area contributed by atoms with E-state index < -0.39 is 0 Å². The highest BCUT2D eigenvalue weighted by Gasteiger charge is 2.13. The van der Waals surface area contributed by atoms with Gasteiger partial charge in [-0.05, 0) is 24.5 Å². The van der Waals surface area contributed by atoms with Crippen LogP contribution >= 0.6 is 11.3 Å². The third-order valence-corrected chi connectivity index (χ3v) is 4.51. The molecule has 0 saturated heterocycles. The first kappa shape index (κ1) is 14.0. The molecule has 1 aromatic carbocycles. The van der Waals surface area contributed by atoms with E-state index in [0.29, 0.717) is 5.92 Å². The number of aromatic nitrogens is 2. The lowest BCUT2D eigenvalue weighted by Gasteiger charge is -2.12. The number of hydrogen-bond donors (Lipinski definition) is 1. The molecule has 0 fully saturated rings. The quantitative estimate of drug-likeness (QED) is 0.752. The van der Waals surface area contributed by atoms with E-state index in [2.05, 4.69) is 60.7 Å². The van der Waals surface area contributed by atoms with Crippen LogP contribution in [0.2, 0.25) is 0 Å². The van der Waals surface area contributed by atoms with Crippen LogP contribution in [0.5, 0.6) is 0 Å². The second-order valence-electron chi connectivity index (χ2n) is 5.51. The third-order valence-electron chi connectivity index (χ3n) is 3.65. The lowest BCUT2D eigenvalue weighted by atomic mass is 9.99. The number of rotatable bonds is 3. The highest BCUT2D eigenvalue weighted by atomic mass is 32.1. The predicted molar refractivity (Wildman–Crippen MR) is 91.2 cm³/mol. The molecule has 2 aromatic heterocycles. The minimum Gasteiger partial charge on any atom is -0.365 e. The lowest BCUT2D eigenvalue weighted by Crippen LogP contribution is -1.97. The highest BCUT2D eigenvalue weighted by molar-refractivity contribution is 7.14. The topological polar surface area (TPSA) is 37.8 Å². The maximum atomic E-state index is 4.85. The number of thiazole rings is 1. The fourth-order valence-corrected chi connectivity index (χ4v) is 3.10. The minimum atomic E-state index is 0.398. The Morgan fingerprint density at radius 1 is 1.19 bits per heavy atom. The summed E-state index contributed by atoms with van der Waals surface area (Å²) in [6.07, 6.45) is 0. The van der Waals surface area contributed by atoms with Crippen molar-refractivity contribution >= 4 is 27.4 Å². The molecule has 0 aliphatic heterocycles. The summed E-state index contributed by atoms with van der Waals surface area (Å²) >= 11 is 1.63. The number of aryl methyl sites for hydroxylation is 1. The Morgan fingerprint density at radius 2 is 2.00 bits per heavy atom. The Balaban J connectivity index is 2.31. The molecule has 3 rings (SSSR count). The van der Waals surface area contributed by atoms with Gasteiger partial charge in [-0.3, -0.25) is 4.98 Å². The van der Waals surface area contributed by atoms with Gasteiger partial charge in [0.25, 0.3) is 0 Å². The van der Waals surface area contributed by atoms with Gasteiger partial charge in [-0.2, -0.15) is 0 Å².